The Morgan fingerprint density at radius 2 is 1.96 bits per heavy atom. The minimum atomic E-state index is 0.547. The summed E-state index contributed by atoms with van der Waals surface area (Å²) >= 11 is 1.39. The summed E-state index contributed by atoms with van der Waals surface area (Å²) in [7, 11) is 0. The number of nitrogens with zero attached hydrogens (tertiary/aromatic N) is 2. The molecule has 0 fully saturated rings. The fourth-order valence-corrected chi connectivity index (χ4v) is 2.69. The molecule has 2 aromatic rings. The Hall–Kier alpha value is -2.45. The Balaban J connectivity index is 2.33. The lowest BCUT2D eigenvalue weighted by molar-refractivity contribution is 0.307. The first kappa shape index (κ1) is 18.9. The number of aliphatic imine (C=N–C) groups is 1. The van der Waals surface area contributed by atoms with Crippen LogP contribution < -0.4 is 10.1 Å². The zero-order valence-corrected chi connectivity index (χ0v) is 15.5. The predicted molar refractivity (Wildman–Crippen MR) is 106 cm³/mol. The van der Waals surface area contributed by atoms with E-state index < -0.39 is 0 Å². The normalized spacial score (nSPS) is 11.0. The second-order valence-electron chi connectivity index (χ2n) is 5.46. The number of benzene rings is 2. The molecule has 0 atom stereocenters. The zero-order valence-electron chi connectivity index (χ0n) is 14.7. The number of ether oxygens (including phenoxy) is 1. The van der Waals surface area contributed by atoms with Crippen molar-refractivity contribution in [1.82, 2.24) is 5.32 Å². The van der Waals surface area contributed by atoms with Crippen molar-refractivity contribution in [2.24, 2.45) is 4.99 Å². The van der Waals surface area contributed by atoms with E-state index >= 15 is 0 Å². The van der Waals surface area contributed by atoms with Crippen LogP contribution in [0.4, 0.5) is 5.69 Å². The molecule has 0 spiro atoms. The van der Waals surface area contributed by atoms with E-state index in [0.29, 0.717) is 11.8 Å². The average Bonchev–Trinajstić information content (AvgIpc) is 2.66. The maximum absolute atomic E-state index is 8.86. The minimum absolute atomic E-state index is 0.547. The molecule has 0 aromatic heterocycles. The third-order valence-electron chi connectivity index (χ3n) is 3.65. The van der Waals surface area contributed by atoms with E-state index in [2.05, 4.69) is 29.4 Å². The molecule has 2 aromatic carbocycles. The van der Waals surface area contributed by atoms with E-state index in [1.54, 1.807) is 0 Å². The molecular weight excluding hydrogens is 330 g/mol. The van der Waals surface area contributed by atoms with E-state index in [4.69, 9.17) is 10.00 Å². The molecule has 0 aliphatic rings. The van der Waals surface area contributed by atoms with Gasteiger partial charge in [-0.25, -0.2) is 4.99 Å². The smallest absolute Gasteiger partial charge is 0.183 e. The lowest BCUT2D eigenvalue weighted by Gasteiger charge is -2.12. The number of unbranched alkanes of at least 4 members (excludes halogenated alkanes) is 2. The number of rotatable bonds is 7. The van der Waals surface area contributed by atoms with Crippen LogP contribution in [-0.4, -0.2) is 18.0 Å². The molecule has 0 saturated carbocycles. The first-order valence-corrected chi connectivity index (χ1v) is 9.61. The molecule has 0 aliphatic heterocycles. The van der Waals surface area contributed by atoms with Gasteiger partial charge in [0.25, 0.3) is 0 Å². The molecule has 0 heterocycles. The molecule has 0 aliphatic carbocycles. The van der Waals surface area contributed by atoms with Gasteiger partial charge in [0.1, 0.15) is 11.4 Å². The summed E-state index contributed by atoms with van der Waals surface area (Å²) in [5.41, 5.74) is 2.91. The van der Waals surface area contributed by atoms with Gasteiger partial charge in [-0.2, -0.15) is 5.26 Å². The van der Waals surface area contributed by atoms with E-state index in [-0.39, 0.29) is 0 Å². The molecule has 2 rings (SSSR count). The lowest BCUT2D eigenvalue weighted by Crippen LogP contribution is -2.12. The van der Waals surface area contributed by atoms with Gasteiger partial charge in [-0.15, -0.1) is 0 Å². The molecule has 0 radical (unpaired) electrons. The van der Waals surface area contributed by atoms with Gasteiger partial charge >= 0.3 is 0 Å². The summed E-state index contributed by atoms with van der Waals surface area (Å²) in [6.07, 6.45) is 7.13. The molecule has 130 valence electrons. The highest BCUT2D eigenvalue weighted by atomic mass is 32.2. The molecule has 4 nitrogen and oxygen atoms in total. The van der Waals surface area contributed by atoms with Crippen LogP contribution in [0.3, 0.4) is 0 Å². The number of nitriles is 1. The second-order valence-corrected chi connectivity index (χ2v) is 6.26. The molecule has 1 N–H and O–H groups in total. The Morgan fingerprint density at radius 3 is 2.64 bits per heavy atom. The summed E-state index contributed by atoms with van der Waals surface area (Å²) in [4.78, 5) is 4.57. The van der Waals surface area contributed by atoms with Gasteiger partial charge < -0.3 is 4.74 Å². The highest BCUT2D eigenvalue weighted by Gasteiger charge is 2.08. The van der Waals surface area contributed by atoms with Crippen molar-refractivity contribution >= 4 is 22.6 Å². The van der Waals surface area contributed by atoms with Gasteiger partial charge in [0.2, 0.25) is 0 Å². The molecule has 25 heavy (non-hydrogen) atoms. The lowest BCUT2D eigenvalue weighted by atomic mass is 10.0. The van der Waals surface area contributed by atoms with Crippen molar-refractivity contribution in [3.8, 4) is 23.1 Å². The Bertz CT molecular complexity index is 738. The van der Waals surface area contributed by atoms with Crippen LogP contribution in [0.1, 0.15) is 26.2 Å². The van der Waals surface area contributed by atoms with Crippen LogP contribution >= 0.6 is 11.8 Å². The van der Waals surface area contributed by atoms with Crippen LogP contribution in [0, 0.1) is 11.5 Å². The number of hydrogen-bond donors (Lipinski definition) is 1. The SMILES string of the molecule is CCCCCOc1ccc(-c2ccccc2)cc1N=C(NC#N)SC. The van der Waals surface area contributed by atoms with Crippen LogP contribution in [0.25, 0.3) is 11.1 Å². The summed E-state index contributed by atoms with van der Waals surface area (Å²) < 4.78 is 5.93. The summed E-state index contributed by atoms with van der Waals surface area (Å²) in [5.74, 6) is 0.738. The Labute approximate surface area is 153 Å². The maximum Gasteiger partial charge on any atom is 0.183 e. The van der Waals surface area contributed by atoms with Crippen molar-refractivity contribution in [2.45, 2.75) is 26.2 Å². The van der Waals surface area contributed by atoms with Gasteiger partial charge in [-0.1, -0.05) is 67.9 Å². The number of nitrogens with one attached hydrogen (secondary N) is 1. The van der Waals surface area contributed by atoms with Crippen LogP contribution in [0.15, 0.2) is 53.5 Å². The van der Waals surface area contributed by atoms with Gasteiger partial charge in [0.05, 0.1) is 6.61 Å². The standard InChI is InChI=1S/C20H23N3OS/c1-3-4-8-13-24-19-12-11-17(16-9-6-5-7-10-16)14-18(19)23-20(25-2)22-15-21/h5-7,9-12,14H,3-4,8,13H2,1-2H3,(H,22,23). The van der Waals surface area contributed by atoms with Crippen molar-refractivity contribution in [2.75, 3.05) is 12.9 Å². The van der Waals surface area contributed by atoms with E-state index in [1.807, 2.05) is 48.8 Å². The van der Waals surface area contributed by atoms with Gasteiger partial charge in [-0.3, -0.25) is 5.32 Å². The van der Waals surface area contributed by atoms with Crippen LogP contribution in [0.5, 0.6) is 5.75 Å². The molecule has 0 unspecified atom stereocenters. The maximum atomic E-state index is 8.86. The molecule has 0 bridgehead atoms. The van der Waals surface area contributed by atoms with Gasteiger partial charge in [-0.05, 0) is 35.9 Å². The Kier molecular flexibility index (Phi) is 7.87. The van der Waals surface area contributed by atoms with Crippen LogP contribution in [-0.2, 0) is 0 Å². The molecule has 0 amide bonds. The van der Waals surface area contributed by atoms with E-state index in [0.717, 1.165) is 41.8 Å². The number of thioether (sulfide) groups is 1. The molecule has 5 heteroatoms. The highest BCUT2D eigenvalue weighted by Crippen LogP contribution is 2.33. The third-order valence-corrected chi connectivity index (χ3v) is 4.23. The van der Waals surface area contributed by atoms with Crippen molar-refractivity contribution in [3.63, 3.8) is 0 Å². The Morgan fingerprint density at radius 1 is 1.16 bits per heavy atom. The second kappa shape index (κ2) is 10.4. The largest absolute Gasteiger partial charge is 0.491 e. The fourth-order valence-electron chi connectivity index (χ4n) is 2.35. The minimum Gasteiger partial charge on any atom is -0.491 e. The van der Waals surface area contributed by atoms with Crippen LogP contribution in [0.2, 0.25) is 0 Å². The average molecular weight is 353 g/mol. The van der Waals surface area contributed by atoms with Gasteiger partial charge in [0.15, 0.2) is 11.4 Å². The zero-order chi connectivity index (χ0) is 17.9. The fraction of sp³-hybridized carbons (Fsp3) is 0.300. The van der Waals surface area contributed by atoms with Crippen molar-refractivity contribution in [3.05, 3.63) is 48.5 Å². The van der Waals surface area contributed by atoms with E-state index in [9.17, 15) is 0 Å². The molecular formula is C20H23N3OS. The third kappa shape index (κ3) is 5.84. The number of amidine groups is 1. The number of hydrogen-bond acceptors (Lipinski definition) is 4. The topological polar surface area (TPSA) is 57.4 Å². The monoisotopic (exact) mass is 353 g/mol. The summed E-state index contributed by atoms with van der Waals surface area (Å²) in [5, 5.41) is 12.0. The summed E-state index contributed by atoms with van der Waals surface area (Å²) in [6.45, 7) is 2.84. The highest BCUT2D eigenvalue weighted by molar-refractivity contribution is 8.13. The first-order chi connectivity index (χ1) is 12.3. The van der Waals surface area contributed by atoms with Crippen molar-refractivity contribution < 1.29 is 4.74 Å². The molecule has 0 saturated heterocycles. The predicted octanol–water partition coefficient (Wildman–Crippen LogP) is 5.34. The van der Waals surface area contributed by atoms with Crippen molar-refractivity contribution in [1.29, 1.82) is 5.26 Å². The quantitative estimate of drug-likeness (QED) is 0.240. The van der Waals surface area contributed by atoms with E-state index in [1.165, 1.54) is 11.8 Å². The summed E-state index contributed by atoms with van der Waals surface area (Å²) in [6, 6.07) is 16.1. The van der Waals surface area contributed by atoms with Gasteiger partial charge in [0, 0.05) is 0 Å². The first-order valence-electron chi connectivity index (χ1n) is 8.38.